The SMILES string of the molecule is CCC1=CC(=NC)C=C2C1=NC(C)(CC)C(C)C2C.CCCC. The van der Waals surface area contributed by atoms with E-state index in [9.17, 15) is 0 Å². The van der Waals surface area contributed by atoms with Crippen LogP contribution in [0.1, 0.15) is 74.1 Å². The minimum Gasteiger partial charge on any atom is -0.289 e. The number of rotatable bonds is 3. The fourth-order valence-corrected chi connectivity index (χ4v) is 3.15. The first-order valence-electron chi connectivity index (χ1n) is 9.37. The highest BCUT2D eigenvalue weighted by Crippen LogP contribution is 2.42. The maximum absolute atomic E-state index is 5.13. The molecule has 0 saturated carbocycles. The van der Waals surface area contributed by atoms with Gasteiger partial charge in [0.1, 0.15) is 0 Å². The van der Waals surface area contributed by atoms with E-state index in [0.717, 1.165) is 18.6 Å². The summed E-state index contributed by atoms with van der Waals surface area (Å²) in [7, 11) is 1.87. The highest BCUT2D eigenvalue weighted by Gasteiger charge is 2.41. The lowest BCUT2D eigenvalue weighted by Gasteiger charge is -2.43. The van der Waals surface area contributed by atoms with Crippen LogP contribution in [0.3, 0.4) is 0 Å². The van der Waals surface area contributed by atoms with Crippen LogP contribution in [-0.4, -0.2) is 24.0 Å². The number of nitrogens with zero attached hydrogens (tertiary/aromatic N) is 2. The Bertz CT molecular complexity index is 520. The van der Waals surface area contributed by atoms with Crippen LogP contribution in [-0.2, 0) is 0 Å². The van der Waals surface area contributed by atoms with Crippen LogP contribution >= 0.6 is 0 Å². The van der Waals surface area contributed by atoms with Gasteiger partial charge in [0.15, 0.2) is 0 Å². The molecule has 0 saturated heterocycles. The first-order valence-corrected chi connectivity index (χ1v) is 9.37. The average Bonchev–Trinajstić information content (AvgIpc) is 2.59. The minimum atomic E-state index is 0.0706. The molecule has 0 spiro atoms. The van der Waals surface area contributed by atoms with E-state index in [1.807, 2.05) is 7.05 Å². The minimum absolute atomic E-state index is 0.0706. The van der Waals surface area contributed by atoms with Crippen molar-refractivity contribution in [1.82, 2.24) is 0 Å². The van der Waals surface area contributed by atoms with Gasteiger partial charge < -0.3 is 0 Å². The maximum Gasteiger partial charge on any atom is 0.0649 e. The zero-order chi connectivity index (χ0) is 17.6. The second-order valence-electron chi connectivity index (χ2n) is 7.02. The maximum atomic E-state index is 5.13. The normalized spacial score (nSPS) is 31.5. The number of aliphatic imine (C=N–C) groups is 2. The van der Waals surface area contributed by atoms with Gasteiger partial charge in [-0.05, 0) is 54.9 Å². The van der Waals surface area contributed by atoms with Crippen molar-refractivity contribution in [3.8, 4) is 0 Å². The topological polar surface area (TPSA) is 24.7 Å². The molecule has 0 aromatic rings. The van der Waals surface area contributed by atoms with Crippen molar-refractivity contribution in [3.63, 3.8) is 0 Å². The summed E-state index contributed by atoms with van der Waals surface area (Å²) in [4.78, 5) is 9.49. The second-order valence-corrected chi connectivity index (χ2v) is 7.02. The Morgan fingerprint density at radius 3 is 2.13 bits per heavy atom. The van der Waals surface area contributed by atoms with Crippen LogP contribution in [0.5, 0.6) is 0 Å². The van der Waals surface area contributed by atoms with Gasteiger partial charge in [-0.15, -0.1) is 0 Å². The summed E-state index contributed by atoms with van der Waals surface area (Å²) < 4.78 is 0. The van der Waals surface area contributed by atoms with E-state index in [4.69, 9.17) is 4.99 Å². The molecule has 0 radical (unpaired) electrons. The van der Waals surface area contributed by atoms with Crippen molar-refractivity contribution in [2.45, 2.75) is 79.7 Å². The van der Waals surface area contributed by atoms with Gasteiger partial charge in [0.25, 0.3) is 0 Å². The lowest BCUT2D eigenvalue weighted by Crippen LogP contribution is -2.42. The molecule has 2 rings (SSSR count). The molecule has 0 aromatic carbocycles. The summed E-state index contributed by atoms with van der Waals surface area (Å²) in [6, 6.07) is 0. The molecule has 2 nitrogen and oxygen atoms in total. The Morgan fingerprint density at radius 1 is 1.09 bits per heavy atom. The third-order valence-electron chi connectivity index (χ3n) is 5.65. The lowest BCUT2D eigenvalue weighted by molar-refractivity contribution is 0.245. The molecule has 3 unspecified atom stereocenters. The Hall–Kier alpha value is -1.18. The van der Waals surface area contributed by atoms with Gasteiger partial charge in [-0.1, -0.05) is 54.4 Å². The van der Waals surface area contributed by atoms with E-state index in [2.05, 4.69) is 65.6 Å². The predicted octanol–water partition coefficient (Wildman–Crippen LogP) is 6.04. The molecular weight excluding hydrogens is 280 g/mol. The van der Waals surface area contributed by atoms with Gasteiger partial charge in [0, 0.05) is 7.05 Å². The van der Waals surface area contributed by atoms with E-state index >= 15 is 0 Å². The monoisotopic (exact) mass is 316 g/mol. The van der Waals surface area contributed by atoms with Crippen LogP contribution in [0.15, 0.2) is 33.3 Å². The van der Waals surface area contributed by atoms with Crippen LogP contribution in [0.4, 0.5) is 0 Å². The predicted molar refractivity (Wildman–Crippen MR) is 105 cm³/mol. The smallest absolute Gasteiger partial charge is 0.0649 e. The summed E-state index contributed by atoms with van der Waals surface area (Å²) in [6.07, 6.45) is 9.19. The molecular formula is C21H36N2. The standard InChI is InChI=1S/C17H26N2.C4H10/c1-7-13-9-14(18-6)10-15-11(3)12(4)17(5,8-2)19-16(13)15;1-3-4-2/h9-12H,7-8H2,1-6H3;3-4H2,1-2H3. The molecule has 0 amide bonds. The van der Waals surface area contributed by atoms with Crippen LogP contribution in [0.25, 0.3) is 0 Å². The summed E-state index contributed by atoms with van der Waals surface area (Å²) in [6.45, 7) is 15.8. The average molecular weight is 317 g/mol. The molecule has 3 atom stereocenters. The summed E-state index contributed by atoms with van der Waals surface area (Å²) in [5.74, 6) is 1.12. The van der Waals surface area contributed by atoms with Crippen molar-refractivity contribution >= 4 is 11.4 Å². The third-order valence-corrected chi connectivity index (χ3v) is 5.65. The molecule has 0 fully saturated rings. The van der Waals surface area contributed by atoms with E-state index in [-0.39, 0.29) is 5.54 Å². The van der Waals surface area contributed by atoms with Crippen molar-refractivity contribution in [2.75, 3.05) is 7.05 Å². The Morgan fingerprint density at radius 2 is 1.70 bits per heavy atom. The fraction of sp³-hybridized carbons (Fsp3) is 0.714. The first kappa shape index (κ1) is 19.9. The zero-order valence-electron chi connectivity index (χ0n) is 16.5. The number of hydrogen-bond donors (Lipinski definition) is 0. The third kappa shape index (κ3) is 4.22. The highest BCUT2D eigenvalue weighted by molar-refractivity contribution is 6.24. The van der Waals surface area contributed by atoms with Gasteiger partial charge in [0.05, 0.1) is 17.0 Å². The quantitative estimate of drug-likeness (QED) is 0.567. The summed E-state index contributed by atoms with van der Waals surface area (Å²) >= 11 is 0. The van der Waals surface area contributed by atoms with Gasteiger partial charge in [-0.2, -0.15) is 0 Å². The molecule has 0 bridgehead atoms. The van der Waals surface area contributed by atoms with Gasteiger partial charge in [-0.3, -0.25) is 9.98 Å². The van der Waals surface area contributed by atoms with Crippen LogP contribution < -0.4 is 0 Å². The van der Waals surface area contributed by atoms with Crippen LogP contribution in [0, 0.1) is 11.8 Å². The van der Waals surface area contributed by atoms with Gasteiger partial charge >= 0.3 is 0 Å². The van der Waals surface area contributed by atoms with Crippen molar-refractivity contribution in [3.05, 3.63) is 23.3 Å². The molecule has 130 valence electrons. The number of allylic oxidation sites excluding steroid dienone is 4. The van der Waals surface area contributed by atoms with Crippen LogP contribution in [0.2, 0.25) is 0 Å². The van der Waals surface area contributed by atoms with Crippen molar-refractivity contribution in [1.29, 1.82) is 0 Å². The van der Waals surface area contributed by atoms with Gasteiger partial charge in [0.2, 0.25) is 0 Å². The zero-order valence-corrected chi connectivity index (χ0v) is 16.5. The van der Waals surface area contributed by atoms with E-state index in [0.29, 0.717) is 11.8 Å². The molecule has 1 heterocycles. The van der Waals surface area contributed by atoms with Crippen molar-refractivity contribution < 1.29 is 0 Å². The Labute approximate surface area is 143 Å². The van der Waals surface area contributed by atoms with E-state index in [1.54, 1.807) is 0 Å². The number of unbranched alkanes of at least 4 members (excludes halogenated alkanes) is 1. The molecule has 2 heteroatoms. The van der Waals surface area contributed by atoms with Gasteiger partial charge in [-0.25, -0.2) is 0 Å². The lowest BCUT2D eigenvalue weighted by atomic mass is 9.68. The van der Waals surface area contributed by atoms with E-state index in [1.165, 1.54) is 29.7 Å². The highest BCUT2D eigenvalue weighted by atomic mass is 14.9. The Balaban J connectivity index is 0.000000593. The van der Waals surface area contributed by atoms with E-state index < -0.39 is 0 Å². The van der Waals surface area contributed by atoms with Crippen molar-refractivity contribution in [2.24, 2.45) is 21.8 Å². The molecule has 1 aliphatic heterocycles. The molecule has 0 N–H and O–H groups in total. The molecule has 23 heavy (non-hydrogen) atoms. The molecule has 2 aliphatic rings. The number of fused-ring (bicyclic) bond motifs is 1. The summed E-state index contributed by atoms with van der Waals surface area (Å²) in [5.41, 5.74) is 5.13. The first-order chi connectivity index (χ1) is 10.9. The second kappa shape index (κ2) is 8.61. The molecule has 0 aromatic heterocycles. The largest absolute Gasteiger partial charge is 0.289 e. The molecule has 1 aliphatic carbocycles. The fourth-order valence-electron chi connectivity index (χ4n) is 3.15. The summed E-state index contributed by atoms with van der Waals surface area (Å²) in [5, 5.41) is 0. The number of hydrogen-bond acceptors (Lipinski definition) is 2. The Kier molecular flexibility index (Phi) is 7.44.